The number of alkyl halides is 3. The number of nitrogens with zero attached hydrogens (tertiary/aromatic N) is 2. The highest BCUT2D eigenvalue weighted by atomic mass is 35.6. The van der Waals surface area contributed by atoms with Crippen molar-refractivity contribution in [1.82, 2.24) is 9.88 Å². The molecule has 1 aliphatic heterocycles. The Labute approximate surface area is 157 Å². The molecule has 0 aliphatic carbocycles. The first-order valence-electron chi connectivity index (χ1n) is 5.76. The van der Waals surface area contributed by atoms with Crippen molar-refractivity contribution in [2.24, 2.45) is 0 Å². The van der Waals surface area contributed by atoms with E-state index in [2.05, 4.69) is 4.98 Å². The van der Waals surface area contributed by atoms with Crippen molar-refractivity contribution in [3.8, 4) is 0 Å². The van der Waals surface area contributed by atoms with Gasteiger partial charge in [0.15, 0.2) is 0 Å². The largest absolute Gasteiger partial charge is 0.378 e. The summed E-state index contributed by atoms with van der Waals surface area (Å²) in [4.78, 5) is 6.53. The molecule has 0 unspecified atom stereocenters. The SMILES string of the molecule is S=C(Sc1c(Cl)cnc(C(Cl)(Cl)Cl)c1Cl)N1CCOCC1. The van der Waals surface area contributed by atoms with Crippen molar-refractivity contribution in [2.75, 3.05) is 26.3 Å². The molecule has 2 rings (SSSR count). The van der Waals surface area contributed by atoms with Gasteiger partial charge in [-0.1, -0.05) is 82.0 Å². The van der Waals surface area contributed by atoms with Crippen molar-refractivity contribution >= 4 is 86.3 Å². The fourth-order valence-electron chi connectivity index (χ4n) is 1.64. The number of pyridine rings is 1. The number of halogens is 5. The van der Waals surface area contributed by atoms with Gasteiger partial charge in [-0.05, 0) is 0 Å². The first kappa shape index (κ1) is 18.1. The summed E-state index contributed by atoms with van der Waals surface area (Å²) in [6, 6.07) is 0. The smallest absolute Gasteiger partial charge is 0.234 e. The van der Waals surface area contributed by atoms with Crippen LogP contribution in [0.1, 0.15) is 5.69 Å². The Kier molecular flexibility index (Phi) is 6.55. The highest BCUT2D eigenvalue weighted by Gasteiger charge is 2.30. The molecule has 0 radical (unpaired) electrons. The summed E-state index contributed by atoms with van der Waals surface area (Å²) in [5.74, 6) is 0. The topological polar surface area (TPSA) is 25.4 Å². The lowest BCUT2D eigenvalue weighted by molar-refractivity contribution is 0.0702. The van der Waals surface area contributed by atoms with Gasteiger partial charge >= 0.3 is 0 Å². The molecule has 1 fully saturated rings. The summed E-state index contributed by atoms with van der Waals surface area (Å²) in [6.07, 6.45) is 1.40. The van der Waals surface area contributed by atoms with Gasteiger partial charge in [0.1, 0.15) is 10.0 Å². The first-order chi connectivity index (χ1) is 9.80. The molecule has 3 nitrogen and oxygen atoms in total. The molecule has 1 aliphatic rings. The summed E-state index contributed by atoms with van der Waals surface area (Å²) in [5, 5.41) is 0.557. The lowest BCUT2D eigenvalue weighted by Crippen LogP contribution is -2.38. The number of thiocarbonyl (C=S) groups is 1. The summed E-state index contributed by atoms with van der Waals surface area (Å²) >= 11 is 36.6. The van der Waals surface area contributed by atoms with Gasteiger partial charge in [0, 0.05) is 19.3 Å². The van der Waals surface area contributed by atoms with Crippen LogP contribution in [0.5, 0.6) is 0 Å². The van der Waals surface area contributed by atoms with Crippen molar-refractivity contribution in [3.05, 3.63) is 21.9 Å². The Morgan fingerprint density at radius 3 is 2.48 bits per heavy atom. The molecule has 0 amide bonds. The van der Waals surface area contributed by atoms with Gasteiger partial charge in [-0.25, -0.2) is 0 Å². The van der Waals surface area contributed by atoms with E-state index in [0.717, 1.165) is 13.1 Å². The Morgan fingerprint density at radius 1 is 1.29 bits per heavy atom. The van der Waals surface area contributed by atoms with Gasteiger partial charge in [0.2, 0.25) is 3.79 Å². The molecular weight excluding hydrogens is 418 g/mol. The maximum Gasteiger partial charge on any atom is 0.234 e. The predicted octanol–water partition coefficient (Wildman–Crippen LogP) is 4.92. The second kappa shape index (κ2) is 7.58. The fourth-order valence-corrected chi connectivity index (χ4v) is 4.18. The lowest BCUT2D eigenvalue weighted by Gasteiger charge is -2.29. The average Bonchev–Trinajstić information content (AvgIpc) is 2.42. The van der Waals surface area contributed by atoms with E-state index in [0.29, 0.717) is 27.5 Å². The van der Waals surface area contributed by atoms with Crippen molar-refractivity contribution in [3.63, 3.8) is 0 Å². The minimum atomic E-state index is -1.72. The number of rotatable bonds is 1. The van der Waals surface area contributed by atoms with Crippen molar-refractivity contribution < 1.29 is 4.74 Å². The quantitative estimate of drug-likeness (QED) is 0.361. The monoisotopic (exact) mass is 424 g/mol. The van der Waals surface area contributed by atoms with Gasteiger partial charge in [0.05, 0.1) is 28.2 Å². The van der Waals surface area contributed by atoms with Crippen molar-refractivity contribution in [1.29, 1.82) is 0 Å². The van der Waals surface area contributed by atoms with Crippen LogP contribution in [0.15, 0.2) is 11.1 Å². The summed E-state index contributed by atoms with van der Waals surface area (Å²) in [7, 11) is 0. The summed E-state index contributed by atoms with van der Waals surface area (Å²) in [5.41, 5.74) is 0.130. The Bertz CT molecular complexity index is 546. The first-order valence-corrected chi connectivity index (χ1v) is 8.88. The summed E-state index contributed by atoms with van der Waals surface area (Å²) in [6.45, 7) is 2.72. The van der Waals surface area contributed by atoms with Crippen LogP contribution in [0.4, 0.5) is 0 Å². The standard InChI is InChI=1S/C11H9Cl5N2OS2/c12-6-5-17-9(11(14,15)16)7(13)8(6)21-10(20)18-1-3-19-4-2-18/h5H,1-4H2. The molecule has 10 heteroatoms. The van der Waals surface area contributed by atoms with E-state index in [4.69, 9.17) is 75.0 Å². The number of morpholine rings is 1. The molecule has 1 aromatic heterocycles. The Morgan fingerprint density at radius 2 is 1.90 bits per heavy atom. The number of hydrogen-bond donors (Lipinski definition) is 0. The third-order valence-corrected chi connectivity index (χ3v) is 5.64. The van der Waals surface area contributed by atoms with E-state index in [9.17, 15) is 0 Å². The van der Waals surface area contributed by atoms with E-state index >= 15 is 0 Å². The minimum Gasteiger partial charge on any atom is -0.378 e. The van der Waals surface area contributed by atoms with Crippen LogP contribution in [-0.4, -0.2) is 40.5 Å². The molecule has 0 bridgehead atoms. The Hall–Kier alpha value is 0.800. The van der Waals surface area contributed by atoms with Crippen LogP contribution in [0.3, 0.4) is 0 Å². The number of hydrogen-bond acceptors (Lipinski definition) is 4. The normalized spacial score (nSPS) is 16.1. The maximum absolute atomic E-state index is 6.26. The number of ether oxygens (including phenoxy) is 1. The van der Waals surface area contributed by atoms with E-state index < -0.39 is 3.79 Å². The van der Waals surface area contributed by atoms with Crippen molar-refractivity contribution in [2.45, 2.75) is 8.69 Å². The zero-order chi connectivity index (χ0) is 15.6. The maximum atomic E-state index is 6.26. The van der Waals surface area contributed by atoms with Crippen LogP contribution >= 0.6 is 82.0 Å². The zero-order valence-corrected chi connectivity index (χ0v) is 15.8. The summed E-state index contributed by atoms with van der Waals surface area (Å²) < 4.78 is 4.20. The molecule has 1 aromatic rings. The molecule has 0 saturated carbocycles. The van der Waals surface area contributed by atoms with Crippen LogP contribution < -0.4 is 0 Å². The van der Waals surface area contributed by atoms with Crippen LogP contribution in [0.2, 0.25) is 10.0 Å². The highest BCUT2D eigenvalue weighted by Crippen LogP contribution is 2.45. The van der Waals surface area contributed by atoms with E-state index in [-0.39, 0.29) is 10.7 Å². The molecule has 116 valence electrons. The molecule has 0 N–H and O–H groups in total. The van der Waals surface area contributed by atoms with Gasteiger partial charge in [-0.2, -0.15) is 0 Å². The lowest BCUT2D eigenvalue weighted by atomic mass is 10.4. The van der Waals surface area contributed by atoms with Gasteiger partial charge in [0.25, 0.3) is 0 Å². The molecule has 21 heavy (non-hydrogen) atoms. The molecule has 0 atom stereocenters. The van der Waals surface area contributed by atoms with Gasteiger partial charge in [-0.3, -0.25) is 4.98 Å². The molecular formula is C11H9Cl5N2OS2. The van der Waals surface area contributed by atoms with E-state index in [1.165, 1.54) is 18.0 Å². The number of thioether (sulfide) groups is 1. The zero-order valence-electron chi connectivity index (χ0n) is 10.4. The van der Waals surface area contributed by atoms with E-state index in [1.807, 2.05) is 4.90 Å². The van der Waals surface area contributed by atoms with Gasteiger partial charge in [-0.15, -0.1) is 0 Å². The molecule has 0 aromatic carbocycles. The Balaban J connectivity index is 2.25. The third kappa shape index (κ3) is 4.64. The molecule has 1 saturated heterocycles. The number of aromatic nitrogens is 1. The molecule has 0 spiro atoms. The third-order valence-electron chi connectivity index (χ3n) is 2.66. The van der Waals surface area contributed by atoms with Crippen LogP contribution in [-0.2, 0) is 8.53 Å². The fraction of sp³-hybridized carbons (Fsp3) is 0.455. The van der Waals surface area contributed by atoms with Crippen LogP contribution in [0.25, 0.3) is 0 Å². The average molecular weight is 427 g/mol. The highest BCUT2D eigenvalue weighted by molar-refractivity contribution is 8.23. The second-order valence-electron chi connectivity index (χ2n) is 4.06. The molecule has 2 heterocycles. The predicted molar refractivity (Wildman–Crippen MR) is 94.3 cm³/mol. The second-order valence-corrected chi connectivity index (χ2v) is 8.77. The van der Waals surface area contributed by atoms with E-state index in [1.54, 1.807) is 0 Å². The minimum absolute atomic E-state index is 0.130. The van der Waals surface area contributed by atoms with Gasteiger partial charge < -0.3 is 9.64 Å². The van der Waals surface area contributed by atoms with Crippen LogP contribution in [0, 0.1) is 0 Å².